The van der Waals surface area contributed by atoms with Crippen molar-refractivity contribution in [2.45, 2.75) is 37.7 Å². The molecular formula is C36H37FN6O7S. The highest BCUT2D eigenvalue weighted by Crippen LogP contribution is 2.35. The molecule has 266 valence electrons. The number of nitrogens with zero attached hydrogens (tertiary/aromatic N) is 5. The zero-order valence-electron chi connectivity index (χ0n) is 28.9. The van der Waals surface area contributed by atoms with E-state index in [-0.39, 0.29) is 40.4 Å². The Morgan fingerprint density at radius 1 is 0.941 bits per heavy atom. The zero-order valence-corrected chi connectivity index (χ0v) is 29.7. The number of fused-ring (bicyclic) bond motifs is 1. The molecule has 0 saturated heterocycles. The van der Waals surface area contributed by atoms with Crippen LogP contribution < -0.4 is 15.0 Å². The fourth-order valence-corrected chi connectivity index (χ4v) is 5.62. The Morgan fingerprint density at radius 2 is 1.61 bits per heavy atom. The molecule has 0 unspecified atom stereocenters. The van der Waals surface area contributed by atoms with Gasteiger partial charge in [0.25, 0.3) is 11.9 Å². The van der Waals surface area contributed by atoms with Gasteiger partial charge in [0.15, 0.2) is 15.5 Å². The zero-order chi connectivity index (χ0) is 37.1. The highest BCUT2D eigenvalue weighted by Gasteiger charge is 2.30. The standard InChI is InChI=1S/C36H37FN6O7S/c1-36(2,3)50-35(46)41(4)22-33(45)43(29-17-16-28(51(6,47)48)20-30(29)49-5)34-39-31-18-11-25(21-42(31)40-34)24-9-14-27(15-10-24)38-32(44)19-23-7-12-26(37)13-8-23/h7-18,20-21H,19,22H2,1-6H3,(H,38,44). The molecule has 0 aliphatic heterocycles. The molecule has 15 heteroatoms. The van der Waals surface area contributed by atoms with Crippen LogP contribution >= 0.6 is 0 Å². The Hall–Kier alpha value is -5.83. The SMILES string of the molecule is COc1cc(S(C)(=O)=O)ccc1N(C(=O)CN(C)C(=O)OC(C)(C)C)c1nc2ccc(-c3ccc(NC(=O)Cc4ccc(F)cc4)cc3)cn2n1. The van der Waals surface area contributed by atoms with E-state index in [1.807, 2.05) is 18.2 Å². The summed E-state index contributed by atoms with van der Waals surface area (Å²) in [5.74, 6) is -1.23. The number of aromatic nitrogens is 3. The fraction of sp³-hybridized carbons (Fsp3) is 0.250. The Labute approximate surface area is 294 Å². The second-order valence-electron chi connectivity index (χ2n) is 12.7. The number of anilines is 3. The molecule has 5 aromatic rings. The number of carbonyl (C=O) groups is 3. The number of methoxy groups -OCH3 is 1. The lowest BCUT2D eigenvalue weighted by Gasteiger charge is -2.27. The fourth-order valence-electron chi connectivity index (χ4n) is 4.98. The average Bonchev–Trinajstić information content (AvgIpc) is 3.48. The maximum Gasteiger partial charge on any atom is 0.410 e. The highest BCUT2D eigenvalue weighted by molar-refractivity contribution is 7.90. The maximum atomic E-state index is 13.9. The number of pyridine rings is 1. The summed E-state index contributed by atoms with van der Waals surface area (Å²) in [5.41, 5.74) is 2.57. The topological polar surface area (TPSA) is 153 Å². The molecule has 13 nitrogen and oxygen atoms in total. The van der Waals surface area contributed by atoms with Crippen LogP contribution in [0.15, 0.2) is 90.0 Å². The van der Waals surface area contributed by atoms with Gasteiger partial charge in [-0.15, -0.1) is 5.10 Å². The Morgan fingerprint density at radius 3 is 2.24 bits per heavy atom. The van der Waals surface area contributed by atoms with Gasteiger partial charge in [-0.1, -0.05) is 24.3 Å². The molecule has 0 radical (unpaired) electrons. The summed E-state index contributed by atoms with van der Waals surface area (Å²) < 4.78 is 50.1. The highest BCUT2D eigenvalue weighted by atomic mass is 32.2. The largest absolute Gasteiger partial charge is 0.495 e. The summed E-state index contributed by atoms with van der Waals surface area (Å²) >= 11 is 0. The summed E-state index contributed by atoms with van der Waals surface area (Å²) in [7, 11) is -0.850. The second-order valence-corrected chi connectivity index (χ2v) is 14.7. The van der Waals surface area contributed by atoms with Crippen molar-refractivity contribution in [2.75, 3.05) is 37.2 Å². The maximum absolute atomic E-state index is 13.9. The van der Waals surface area contributed by atoms with Gasteiger partial charge in [-0.25, -0.2) is 27.0 Å². The van der Waals surface area contributed by atoms with Crippen LogP contribution in [0.4, 0.5) is 26.5 Å². The number of amides is 3. The summed E-state index contributed by atoms with van der Waals surface area (Å²) in [4.78, 5) is 46.0. The number of nitrogens with one attached hydrogen (secondary N) is 1. The van der Waals surface area contributed by atoms with Crippen LogP contribution in [0, 0.1) is 5.82 Å². The lowest BCUT2D eigenvalue weighted by molar-refractivity contribution is -0.119. The number of hydrogen-bond acceptors (Lipinski definition) is 9. The first kappa shape index (κ1) is 36.5. The van der Waals surface area contributed by atoms with E-state index in [1.54, 1.807) is 57.3 Å². The predicted molar refractivity (Wildman–Crippen MR) is 189 cm³/mol. The molecule has 3 aromatic carbocycles. The molecule has 1 N–H and O–H groups in total. The number of halogens is 1. The summed E-state index contributed by atoms with van der Waals surface area (Å²) in [6, 6.07) is 20.5. The number of hydrogen-bond donors (Lipinski definition) is 1. The van der Waals surface area contributed by atoms with Gasteiger partial charge in [-0.05, 0) is 80.4 Å². The molecule has 0 saturated carbocycles. The smallest absolute Gasteiger partial charge is 0.410 e. The minimum Gasteiger partial charge on any atom is -0.495 e. The van der Waals surface area contributed by atoms with Crippen molar-refractivity contribution in [3.63, 3.8) is 0 Å². The molecule has 0 bridgehead atoms. The molecule has 0 aliphatic rings. The monoisotopic (exact) mass is 716 g/mol. The number of carbonyl (C=O) groups excluding carboxylic acids is 3. The molecule has 0 fully saturated rings. The number of ether oxygens (including phenoxy) is 2. The van der Waals surface area contributed by atoms with E-state index in [0.717, 1.165) is 27.2 Å². The van der Waals surface area contributed by atoms with E-state index in [4.69, 9.17) is 9.47 Å². The molecule has 0 spiro atoms. The molecular weight excluding hydrogens is 679 g/mol. The quantitative estimate of drug-likeness (QED) is 0.193. The number of benzene rings is 3. The van der Waals surface area contributed by atoms with Crippen LogP contribution in [0.25, 0.3) is 16.8 Å². The van der Waals surface area contributed by atoms with Crippen molar-refractivity contribution in [2.24, 2.45) is 0 Å². The van der Waals surface area contributed by atoms with Gasteiger partial charge in [0.1, 0.15) is 23.7 Å². The Bertz CT molecular complexity index is 2200. The third-order valence-corrected chi connectivity index (χ3v) is 8.56. The van der Waals surface area contributed by atoms with Gasteiger partial charge in [-0.2, -0.15) is 4.98 Å². The van der Waals surface area contributed by atoms with Crippen LogP contribution in [-0.2, 0) is 30.6 Å². The Kier molecular flexibility index (Phi) is 10.4. The first-order valence-corrected chi connectivity index (χ1v) is 17.6. The van der Waals surface area contributed by atoms with Crippen molar-refractivity contribution in [3.8, 4) is 16.9 Å². The molecule has 51 heavy (non-hydrogen) atoms. The van der Waals surface area contributed by atoms with E-state index in [2.05, 4.69) is 15.4 Å². The Balaban J connectivity index is 1.43. The van der Waals surface area contributed by atoms with Gasteiger partial charge in [-0.3, -0.25) is 9.59 Å². The van der Waals surface area contributed by atoms with E-state index < -0.39 is 34.0 Å². The number of likely N-dealkylation sites (N-methyl/N-ethyl adjacent to an activating group) is 1. The molecule has 0 atom stereocenters. The number of rotatable bonds is 10. The second kappa shape index (κ2) is 14.6. The normalized spacial score (nSPS) is 11.6. The first-order valence-electron chi connectivity index (χ1n) is 15.7. The van der Waals surface area contributed by atoms with Crippen LogP contribution in [0.5, 0.6) is 5.75 Å². The van der Waals surface area contributed by atoms with Gasteiger partial charge in [0.05, 0.1) is 24.1 Å². The van der Waals surface area contributed by atoms with Crippen molar-refractivity contribution >= 4 is 50.7 Å². The van der Waals surface area contributed by atoms with Crippen LogP contribution in [0.2, 0.25) is 0 Å². The van der Waals surface area contributed by atoms with Gasteiger partial charge in [0.2, 0.25) is 5.91 Å². The number of sulfone groups is 1. The summed E-state index contributed by atoms with van der Waals surface area (Å²) in [6.07, 6.45) is 2.15. The summed E-state index contributed by atoms with van der Waals surface area (Å²) in [5, 5.41) is 7.41. The molecule has 0 aliphatic carbocycles. The van der Waals surface area contributed by atoms with E-state index in [1.165, 1.54) is 49.0 Å². The van der Waals surface area contributed by atoms with Gasteiger partial charge in [0, 0.05) is 36.8 Å². The van der Waals surface area contributed by atoms with Crippen molar-refractivity contribution < 1.29 is 36.7 Å². The van der Waals surface area contributed by atoms with Crippen LogP contribution in [0.1, 0.15) is 26.3 Å². The van der Waals surface area contributed by atoms with E-state index in [9.17, 15) is 27.2 Å². The molecule has 2 aromatic heterocycles. The average molecular weight is 717 g/mol. The van der Waals surface area contributed by atoms with E-state index in [0.29, 0.717) is 16.9 Å². The van der Waals surface area contributed by atoms with Crippen molar-refractivity contribution in [1.29, 1.82) is 0 Å². The van der Waals surface area contributed by atoms with Gasteiger partial charge < -0.3 is 19.7 Å². The van der Waals surface area contributed by atoms with Crippen LogP contribution in [-0.4, -0.2) is 78.4 Å². The minimum absolute atomic E-state index is 0.0209. The van der Waals surface area contributed by atoms with Crippen molar-refractivity contribution in [3.05, 3.63) is 96.4 Å². The minimum atomic E-state index is -3.61. The third kappa shape index (κ3) is 9.05. The lowest BCUT2D eigenvalue weighted by Crippen LogP contribution is -2.42. The molecule has 3 amide bonds. The van der Waals surface area contributed by atoms with E-state index >= 15 is 0 Å². The summed E-state index contributed by atoms with van der Waals surface area (Å²) in [6.45, 7) is 4.69. The lowest BCUT2D eigenvalue weighted by atomic mass is 10.1. The molecule has 5 rings (SSSR count). The van der Waals surface area contributed by atoms with Crippen LogP contribution in [0.3, 0.4) is 0 Å². The van der Waals surface area contributed by atoms with Gasteiger partial charge >= 0.3 is 6.09 Å². The van der Waals surface area contributed by atoms with Crippen molar-refractivity contribution in [1.82, 2.24) is 19.5 Å². The first-order chi connectivity index (χ1) is 24.0. The predicted octanol–water partition coefficient (Wildman–Crippen LogP) is 5.66. The third-order valence-electron chi connectivity index (χ3n) is 7.45. The molecule has 2 heterocycles.